The Bertz CT molecular complexity index is 231. The van der Waals surface area contributed by atoms with Crippen LogP contribution in [0.1, 0.15) is 20.8 Å². The summed E-state index contributed by atoms with van der Waals surface area (Å²) >= 11 is 0. The van der Waals surface area contributed by atoms with Gasteiger partial charge in [-0.1, -0.05) is 6.92 Å². The average Bonchev–Trinajstić information content (AvgIpc) is 2.25. The summed E-state index contributed by atoms with van der Waals surface area (Å²) in [4.78, 5) is 22.4. The molecule has 0 heterocycles. The average molecular weight is 216 g/mol. The molecule has 0 aromatic carbocycles. The normalized spacial score (nSPS) is 16.3. The molecular formula is C10H20N2O3. The molecule has 0 aliphatic carbocycles. The Balaban J connectivity index is 4.17. The standard InChI is InChI=1S/C10H20N2O3/c1-6(10(14)15-5)7(2)12-8(3)9(13)11-4/h6-8,12H,1-5H3,(H,11,13). The van der Waals surface area contributed by atoms with Gasteiger partial charge in [0.2, 0.25) is 5.91 Å². The highest BCUT2D eigenvalue weighted by Gasteiger charge is 2.23. The maximum Gasteiger partial charge on any atom is 0.309 e. The van der Waals surface area contributed by atoms with Crippen molar-refractivity contribution in [1.29, 1.82) is 0 Å². The van der Waals surface area contributed by atoms with Gasteiger partial charge in [-0.15, -0.1) is 0 Å². The van der Waals surface area contributed by atoms with Gasteiger partial charge in [0.1, 0.15) is 0 Å². The molecule has 3 atom stereocenters. The Labute approximate surface area is 90.6 Å². The van der Waals surface area contributed by atoms with Gasteiger partial charge in [-0.05, 0) is 13.8 Å². The minimum Gasteiger partial charge on any atom is -0.469 e. The second-order valence-electron chi connectivity index (χ2n) is 3.60. The Morgan fingerprint density at radius 3 is 2.13 bits per heavy atom. The molecule has 0 bridgehead atoms. The molecule has 0 rings (SSSR count). The van der Waals surface area contributed by atoms with Crippen LogP contribution >= 0.6 is 0 Å². The van der Waals surface area contributed by atoms with Crippen LogP contribution in [-0.4, -0.2) is 38.1 Å². The lowest BCUT2D eigenvalue weighted by atomic mass is 10.0. The van der Waals surface area contributed by atoms with Crippen LogP contribution in [0, 0.1) is 5.92 Å². The lowest BCUT2D eigenvalue weighted by Gasteiger charge is -2.22. The monoisotopic (exact) mass is 216 g/mol. The Morgan fingerprint density at radius 1 is 1.20 bits per heavy atom. The number of rotatable bonds is 5. The van der Waals surface area contributed by atoms with Gasteiger partial charge in [0.05, 0.1) is 19.1 Å². The first-order valence-electron chi connectivity index (χ1n) is 4.99. The molecule has 0 saturated carbocycles. The van der Waals surface area contributed by atoms with E-state index >= 15 is 0 Å². The summed E-state index contributed by atoms with van der Waals surface area (Å²) in [6, 6.07) is -0.429. The maximum atomic E-state index is 11.2. The van der Waals surface area contributed by atoms with Gasteiger partial charge in [-0.2, -0.15) is 0 Å². The molecule has 0 aromatic heterocycles. The molecule has 0 aromatic rings. The highest BCUT2D eigenvalue weighted by molar-refractivity contribution is 5.81. The Hall–Kier alpha value is -1.10. The number of carbonyl (C=O) groups excluding carboxylic acids is 2. The number of likely N-dealkylation sites (N-methyl/N-ethyl adjacent to an activating group) is 1. The fourth-order valence-electron chi connectivity index (χ4n) is 1.22. The topological polar surface area (TPSA) is 67.4 Å². The van der Waals surface area contributed by atoms with E-state index in [1.807, 2.05) is 6.92 Å². The summed E-state index contributed by atoms with van der Waals surface area (Å²) in [5.41, 5.74) is 0. The lowest BCUT2D eigenvalue weighted by Crippen LogP contribution is -2.48. The fraction of sp³-hybridized carbons (Fsp3) is 0.800. The van der Waals surface area contributed by atoms with E-state index in [9.17, 15) is 9.59 Å². The van der Waals surface area contributed by atoms with Crippen LogP contribution in [0.5, 0.6) is 0 Å². The van der Waals surface area contributed by atoms with E-state index in [1.54, 1.807) is 20.9 Å². The van der Waals surface area contributed by atoms with Crippen molar-refractivity contribution in [2.24, 2.45) is 5.92 Å². The Kier molecular flexibility index (Phi) is 5.93. The zero-order chi connectivity index (χ0) is 12.0. The zero-order valence-electron chi connectivity index (χ0n) is 9.96. The smallest absolute Gasteiger partial charge is 0.309 e. The summed E-state index contributed by atoms with van der Waals surface area (Å²) in [6.45, 7) is 5.36. The van der Waals surface area contributed by atoms with E-state index in [4.69, 9.17) is 0 Å². The number of esters is 1. The third-order valence-corrected chi connectivity index (χ3v) is 2.48. The minimum absolute atomic E-state index is 0.0982. The second-order valence-corrected chi connectivity index (χ2v) is 3.60. The number of hydrogen-bond acceptors (Lipinski definition) is 4. The summed E-state index contributed by atoms with van der Waals surface area (Å²) in [5.74, 6) is -0.653. The first kappa shape index (κ1) is 13.9. The van der Waals surface area contributed by atoms with E-state index in [1.165, 1.54) is 7.11 Å². The van der Waals surface area contributed by atoms with Crippen LogP contribution in [0.4, 0.5) is 0 Å². The van der Waals surface area contributed by atoms with Crippen molar-refractivity contribution < 1.29 is 14.3 Å². The van der Waals surface area contributed by atoms with Crippen molar-refractivity contribution in [2.75, 3.05) is 14.2 Å². The molecule has 15 heavy (non-hydrogen) atoms. The predicted octanol–water partition coefficient (Wildman–Crippen LogP) is -0.0919. The van der Waals surface area contributed by atoms with E-state index in [0.717, 1.165) is 0 Å². The van der Waals surface area contributed by atoms with Gasteiger partial charge in [0, 0.05) is 13.1 Å². The van der Waals surface area contributed by atoms with Gasteiger partial charge in [0.15, 0.2) is 0 Å². The molecule has 2 N–H and O–H groups in total. The van der Waals surface area contributed by atoms with Crippen molar-refractivity contribution in [1.82, 2.24) is 10.6 Å². The number of methoxy groups -OCH3 is 1. The van der Waals surface area contributed by atoms with Crippen LogP contribution in [-0.2, 0) is 14.3 Å². The van der Waals surface area contributed by atoms with Gasteiger partial charge in [-0.25, -0.2) is 0 Å². The molecule has 3 unspecified atom stereocenters. The molecule has 0 aliphatic rings. The molecule has 88 valence electrons. The van der Waals surface area contributed by atoms with Gasteiger partial charge >= 0.3 is 5.97 Å². The summed E-state index contributed by atoms with van der Waals surface area (Å²) in [5, 5.41) is 5.57. The van der Waals surface area contributed by atoms with E-state index in [2.05, 4.69) is 15.4 Å². The van der Waals surface area contributed by atoms with Gasteiger partial charge in [-0.3, -0.25) is 9.59 Å². The Morgan fingerprint density at radius 2 is 1.73 bits per heavy atom. The second kappa shape index (κ2) is 6.40. The number of ether oxygens (including phenoxy) is 1. The van der Waals surface area contributed by atoms with Crippen molar-refractivity contribution in [3.63, 3.8) is 0 Å². The third kappa shape index (κ3) is 4.29. The number of amides is 1. The summed E-state index contributed by atoms with van der Waals surface area (Å²) in [7, 11) is 2.93. The predicted molar refractivity (Wildman–Crippen MR) is 57.3 cm³/mol. The molecule has 5 nitrogen and oxygen atoms in total. The van der Waals surface area contributed by atoms with Crippen molar-refractivity contribution >= 4 is 11.9 Å². The first-order chi connectivity index (χ1) is 6.93. The largest absolute Gasteiger partial charge is 0.469 e. The van der Waals surface area contributed by atoms with Crippen molar-refractivity contribution in [3.8, 4) is 0 Å². The molecule has 0 saturated heterocycles. The van der Waals surface area contributed by atoms with Gasteiger partial charge in [0.25, 0.3) is 0 Å². The van der Waals surface area contributed by atoms with Crippen molar-refractivity contribution in [3.05, 3.63) is 0 Å². The van der Waals surface area contributed by atoms with Crippen LogP contribution < -0.4 is 10.6 Å². The number of hydrogen-bond donors (Lipinski definition) is 2. The van der Waals surface area contributed by atoms with Crippen molar-refractivity contribution in [2.45, 2.75) is 32.9 Å². The molecule has 0 radical (unpaired) electrons. The van der Waals surface area contributed by atoms with Gasteiger partial charge < -0.3 is 15.4 Å². The van der Waals surface area contributed by atoms with Crippen LogP contribution in [0.3, 0.4) is 0 Å². The lowest BCUT2D eigenvalue weighted by molar-refractivity contribution is -0.146. The molecule has 0 fully saturated rings. The highest BCUT2D eigenvalue weighted by atomic mass is 16.5. The highest BCUT2D eigenvalue weighted by Crippen LogP contribution is 2.05. The van der Waals surface area contributed by atoms with E-state index in [0.29, 0.717) is 0 Å². The number of nitrogens with one attached hydrogen (secondary N) is 2. The molecule has 0 aliphatic heterocycles. The molecule has 0 spiro atoms. The minimum atomic E-state index is -0.322. The molecular weight excluding hydrogens is 196 g/mol. The van der Waals surface area contributed by atoms with E-state index < -0.39 is 0 Å². The fourth-order valence-corrected chi connectivity index (χ4v) is 1.22. The zero-order valence-corrected chi connectivity index (χ0v) is 9.96. The molecule has 5 heteroatoms. The van der Waals surface area contributed by atoms with Crippen LogP contribution in [0.2, 0.25) is 0 Å². The molecule has 1 amide bonds. The first-order valence-corrected chi connectivity index (χ1v) is 4.99. The maximum absolute atomic E-state index is 11.2. The summed E-state index contributed by atoms with van der Waals surface area (Å²) < 4.78 is 4.62. The van der Waals surface area contributed by atoms with Crippen LogP contribution in [0.15, 0.2) is 0 Å². The summed E-state index contributed by atoms with van der Waals surface area (Å²) in [6.07, 6.45) is 0. The number of carbonyl (C=O) groups is 2. The SMILES string of the molecule is CNC(=O)C(C)NC(C)C(C)C(=O)OC. The quantitative estimate of drug-likeness (QED) is 0.630. The van der Waals surface area contributed by atoms with Crippen LogP contribution in [0.25, 0.3) is 0 Å². The third-order valence-electron chi connectivity index (χ3n) is 2.48. The van der Waals surface area contributed by atoms with E-state index in [-0.39, 0.29) is 29.9 Å².